The van der Waals surface area contributed by atoms with Gasteiger partial charge in [0, 0.05) is 45.0 Å². The summed E-state index contributed by atoms with van der Waals surface area (Å²) in [4.78, 5) is 27.9. The summed E-state index contributed by atoms with van der Waals surface area (Å²) in [5, 5.41) is 10.5. The number of ketones is 1. The van der Waals surface area contributed by atoms with E-state index in [1.165, 1.54) is 29.3 Å². The fourth-order valence-corrected chi connectivity index (χ4v) is 2.71. The molecule has 1 heterocycles. The van der Waals surface area contributed by atoms with Crippen LogP contribution in [0.4, 0.5) is 4.39 Å². The Morgan fingerprint density at radius 3 is 2.60 bits per heavy atom. The molecule has 1 aromatic rings. The summed E-state index contributed by atoms with van der Waals surface area (Å²) in [6, 6.07) is 5.61. The van der Waals surface area contributed by atoms with Gasteiger partial charge < -0.3 is 10.2 Å². The van der Waals surface area contributed by atoms with Crippen LogP contribution in [0.3, 0.4) is 0 Å². The quantitative estimate of drug-likeness (QED) is 0.590. The molecule has 1 amide bonds. The molecule has 1 fully saturated rings. The Morgan fingerprint density at radius 2 is 2.00 bits per heavy atom. The monoisotopic (exact) mass is 366 g/mol. The van der Waals surface area contributed by atoms with Crippen molar-refractivity contribution in [2.45, 2.75) is 0 Å². The second-order valence-corrected chi connectivity index (χ2v) is 6.07. The van der Waals surface area contributed by atoms with Gasteiger partial charge in [-0.15, -0.1) is 0 Å². The van der Waals surface area contributed by atoms with Crippen molar-refractivity contribution in [3.63, 3.8) is 0 Å². The van der Waals surface area contributed by atoms with Gasteiger partial charge in [-0.3, -0.25) is 19.9 Å². The van der Waals surface area contributed by atoms with Gasteiger partial charge >= 0.3 is 0 Å². The summed E-state index contributed by atoms with van der Waals surface area (Å²) < 4.78 is 13.2. The summed E-state index contributed by atoms with van der Waals surface area (Å²) in [6.45, 7) is 1.99. The van der Waals surface area contributed by atoms with Crippen LogP contribution in [0.1, 0.15) is 10.4 Å². The van der Waals surface area contributed by atoms with E-state index in [1.807, 2.05) is 4.90 Å². The number of benzene rings is 1. The number of nitrogens with zero attached hydrogens (tertiary/aromatic N) is 2. The summed E-state index contributed by atoms with van der Waals surface area (Å²) in [5.41, 5.74) is 0.0737. The molecule has 1 aliphatic rings. The van der Waals surface area contributed by atoms with Crippen molar-refractivity contribution >= 4 is 29.0 Å². The van der Waals surface area contributed by atoms with Gasteiger partial charge in [0.05, 0.1) is 11.6 Å². The van der Waals surface area contributed by atoms with E-state index in [4.69, 9.17) is 17.0 Å². The highest BCUT2D eigenvalue weighted by atomic mass is 35.5. The Morgan fingerprint density at radius 1 is 1.32 bits per heavy atom. The fourth-order valence-electron chi connectivity index (χ4n) is 2.52. The lowest BCUT2D eigenvalue weighted by Gasteiger charge is -2.34. The molecule has 0 saturated carbocycles. The van der Waals surface area contributed by atoms with Crippen LogP contribution in [0.2, 0.25) is 0 Å². The van der Waals surface area contributed by atoms with Gasteiger partial charge in [-0.1, -0.05) is 23.7 Å². The summed E-state index contributed by atoms with van der Waals surface area (Å²) in [6.07, 6.45) is 1.38. The number of nitrogens with one attached hydrogen (secondary N) is 2. The average Bonchev–Trinajstić information content (AvgIpc) is 2.61. The molecule has 0 unspecified atom stereocenters. The van der Waals surface area contributed by atoms with Gasteiger partial charge in [-0.2, -0.15) is 0 Å². The minimum atomic E-state index is -0.439. The second-order valence-electron chi connectivity index (χ2n) is 5.66. The fraction of sp³-hybridized carbons (Fsp3) is 0.353. The van der Waals surface area contributed by atoms with Crippen LogP contribution in [0, 0.1) is 11.2 Å². The molecule has 134 valence electrons. The maximum Gasteiger partial charge on any atom is 0.273 e. The average molecular weight is 367 g/mol. The molecule has 0 bridgehead atoms. The van der Waals surface area contributed by atoms with Crippen molar-refractivity contribution < 1.29 is 14.0 Å². The number of piperazine rings is 1. The molecule has 1 aromatic carbocycles. The lowest BCUT2D eigenvalue weighted by atomic mass is 10.1. The van der Waals surface area contributed by atoms with Crippen molar-refractivity contribution in [2.24, 2.45) is 0 Å². The van der Waals surface area contributed by atoms with Crippen molar-refractivity contribution in [3.8, 4) is 0 Å². The normalized spacial score (nSPS) is 15.8. The molecular formula is C17H20ClFN4O2. The topological polar surface area (TPSA) is 76.5 Å². The standard InChI is InChI=1S/C17H20ClFN4O2/c1-21-10-14(18)16(20)17(25)23-7-5-22(6-8-23)11-15(24)12-3-2-4-13(19)9-12/h2-4,9-10,20-21H,5-8,11H2,1H3/b14-10+,20-16?. The van der Waals surface area contributed by atoms with Crippen LogP contribution in [0.15, 0.2) is 35.5 Å². The zero-order valence-electron chi connectivity index (χ0n) is 13.9. The van der Waals surface area contributed by atoms with E-state index in [9.17, 15) is 14.0 Å². The van der Waals surface area contributed by atoms with Crippen LogP contribution in [-0.4, -0.2) is 67.0 Å². The predicted molar refractivity (Wildman–Crippen MR) is 94.5 cm³/mol. The SMILES string of the molecule is CN/C=C(/Cl)C(=N)C(=O)N1CCN(CC(=O)c2cccc(F)c2)CC1. The third-order valence-corrected chi connectivity index (χ3v) is 4.20. The molecule has 8 heteroatoms. The minimum Gasteiger partial charge on any atom is -0.393 e. The Labute approximate surface area is 150 Å². The van der Waals surface area contributed by atoms with Gasteiger partial charge in [0.25, 0.3) is 5.91 Å². The van der Waals surface area contributed by atoms with Gasteiger partial charge in [0.15, 0.2) is 5.78 Å². The molecule has 1 aliphatic heterocycles. The lowest BCUT2D eigenvalue weighted by Crippen LogP contribution is -2.51. The molecule has 0 atom stereocenters. The van der Waals surface area contributed by atoms with E-state index < -0.39 is 11.7 Å². The predicted octanol–water partition coefficient (Wildman–Crippen LogP) is 1.47. The molecule has 0 aliphatic carbocycles. The number of halogens is 2. The third kappa shape index (κ3) is 5.11. The number of carbonyl (C=O) groups is 2. The number of amides is 1. The zero-order valence-corrected chi connectivity index (χ0v) is 14.6. The van der Waals surface area contributed by atoms with Crippen LogP contribution in [-0.2, 0) is 4.79 Å². The van der Waals surface area contributed by atoms with Gasteiger partial charge in [0.1, 0.15) is 11.5 Å². The van der Waals surface area contributed by atoms with Crippen LogP contribution in [0.25, 0.3) is 0 Å². The number of rotatable bonds is 6. The first-order chi connectivity index (χ1) is 11.9. The van der Waals surface area contributed by atoms with E-state index in [2.05, 4.69) is 5.32 Å². The molecule has 25 heavy (non-hydrogen) atoms. The molecule has 2 N–H and O–H groups in total. The maximum absolute atomic E-state index is 13.2. The van der Waals surface area contributed by atoms with Gasteiger partial charge in [-0.05, 0) is 12.1 Å². The highest BCUT2D eigenvalue weighted by Gasteiger charge is 2.26. The first-order valence-corrected chi connectivity index (χ1v) is 8.22. The number of Topliss-reactive ketones (excluding diaryl/α,β-unsaturated/α-hetero) is 1. The maximum atomic E-state index is 13.2. The zero-order chi connectivity index (χ0) is 18.4. The first-order valence-electron chi connectivity index (χ1n) is 7.84. The van der Waals surface area contributed by atoms with E-state index in [-0.39, 0.29) is 23.1 Å². The van der Waals surface area contributed by atoms with E-state index in [0.29, 0.717) is 31.7 Å². The molecule has 0 spiro atoms. The number of hydrogen-bond donors (Lipinski definition) is 2. The highest BCUT2D eigenvalue weighted by molar-refractivity contribution is 6.58. The minimum absolute atomic E-state index is 0.0520. The van der Waals surface area contributed by atoms with Crippen molar-refractivity contribution in [1.29, 1.82) is 5.41 Å². The Balaban J connectivity index is 1.87. The van der Waals surface area contributed by atoms with Crippen LogP contribution in [0.5, 0.6) is 0 Å². The molecule has 0 radical (unpaired) electrons. The lowest BCUT2D eigenvalue weighted by molar-refractivity contribution is -0.125. The van der Waals surface area contributed by atoms with Crippen LogP contribution < -0.4 is 5.32 Å². The van der Waals surface area contributed by atoms with Crippen molar-refractivity contribution in [1.82, 2.24) is 15.1 Å². The number of hydrogen-bond acceptors (Lipinski definition) is 5. The highest BCUT2D eigenvalue weighted by Crippen LogP contribution is 2.10. The second kappa shape index (κ2) is 8.73. The Hall–Kier alpha value is -2.25. The largest absolute Gasteiger partial charge is 0.393 e. The Bertz CT molecular complexity index is 700. The van der Waals surface area contributed by atoms with E-state index in [0.717, 1.165) is 0 Å². The third-order valence-electron chi connectivity index (χ3n) is 3.90. The molecule has 6 nitrogen and oxygen atoms in total. The van der Waals surface area contributed by atoms with Crippen LogP contribution >= 0.6 is 11.6 Å². The molecule has 0 aromatic heterocycles. The number of carbonyl (C=O) groups excluding carboxylic acids is 2. The molecule has 1 saturated heterocycles. The summed E-state index contributed by atoms with van der Waals surface area (Å²) in [5.74, 6) is -1.04. The summed E-state index contributed by atoms with van der Waals surface area (Å²) >= 11 is 5.86. The van der Waals surface area contributed by atoms with Crippen molar-refractivity contribution in [2.75, 3.05) is 39.8 Å². The molecular weight excluding hydrogens is 347 g/mol. The Kier molecular flexibility index (Phi) is 6.66. The van der Waals surface area contributed by atoms with E-state index >= 15 is 0 Å². The van der Waals surface area contributed by atoms with E-state index in [1.54, 1.807) is 13.1 Å². The smallest absolute Gasteiger partial charge is 0.273 e. The van der Waals surface area contributed by atoms with Gasteiger partial charge in [0.2, 0.25) is 0 Å². The van der Waals surface area contributed by atoms with Gasteiger partial charge in [-0.25, -0.2) is 4.39 Å². The molecule has 2 rings (SSSR count). The van der Waals surface area contributed by atoms with Crippen molar-refractivity contribution in [3.05, 3.63) is 46.9 Å². The first kappa shape index (κ1) is 19.1. The summed E-state index contributed by atoms with van der Waals surface area (Å²) in [7, 11) is 1.63.